The van der Waals surface area contributed by atoms with Crippen LogP contribution in [-0.4, -0.2) is 24.2 Å². The minimum atomic E-state index is -4.33. The van der Waals surface area contributed by atoms with Gasteiger partial charge >= 0.3 is 6.18 Å². The van der Waals surface area contributed by atoms with Crippen molar-refractivity contribution in [1.29, 1.82) is 0 Å². The summed E-state index contributed by atoms with van der Waals surface area (Å²) in [5.74, 6) is 0.462. The summed E-state index contributed by atoms with van der Waals surface area (Å²) in [5, 5.41) is 3.01. The summed E-state index contributed by atoms with van der Waals surface area (Å²) < 4.78 is 42.6. The third-order valence-electron chi connectivity index (χ3n) is 3.14. The topological polar surface area (TPSA) is 34.1 Å². The molecule has 2 heterocycles. The van der Waals surface area contributed by atoms with Crippen LogP contribution >= 0.6 is 0 Å². The molecule has 0 aromatic carbocycles. The number of halogens is 3. The second-order valence-corrected chi connectivity index (χ2v) is 4.63. The molecule has 2 rings (SSSR count). The lowest BCUT2D eigenvalue weighted by molar-refractivity contribution is -0.137. The highest BCUT2D eigenvalue weighted by Gasteiger charge is 2.30. The molecule has 1 N–H and O–H groups in total. The molecule has 0 aliphatic carbocycles. The van der Waals surface area contributed by atoms with Gasteiger partial charge in [-0.25, -0.2) is 4.98 Å². The summed E-state index contributed by atoms with van der Waals surface area (Å²) in [6.45, 7) is 1.46. The number of anilines is 1. The van der Waals surface area contributed by atoms with Gasteiger partial charge in [0.15, 0.2) is 0 Å². The zero-order valence-corrected chi connectivity index (χ0v) is 10.5. The fourth-order valence-corrected chi connectivity index (χ4v) is 2.06. The normalized spacial score (nSPS) is 20.3. The van der Waals surface area contributed by atoms with E-state index < -0.39 is 11.7 Å². The molecule has 0 bridgehead atoms. The zero-order chi connectivity index (χ0) is 13.7. The van der Waals surface area contributed by atoms with Gasteiger partial charge in [0.25, 0.3) is 0 Å². The van der Waals surface area contributed by atoms with E-state index in [1.165, 1.54) is 12.5 Å². The Hall–Kier alpha value is -1.30. The summed E-state index contributed by atoms with van der Waals surface area (Å²) in [6, 6.07) is 2.39. The first kappa shape index (κ1) is 14.1. The van der Waals surface area contributed by atoms with Gasteiger partial charge in [-0.1, -0.05) is 0 Å². The number of alkyl halides is 3. The molecule has 1 aliphatic heterocycles. The van der Waals surface area contributed by atoms with Gasteiger partial charge in [0.1, 0.15) is 5.82 Å². The maximum atomic E-state index is 12.3. The van der Waals surface area contributed by atoms with Crippen molar-refractivity contribution in [3.63, 3.8) is 0 Å². The van der Waals surface area contributed by atoms with Gasteiger partial charge in [0.2, 0.25) is 0 Å². The Morgan fingerprint density at radius 2 is 2.16 bits per heavy atom. The summed E-state index contributed by atoms with van der Waals surface area (Å²) in [7, 11) is 0. The van der Waals surface area contributed by atoms with E-state index in [0.717, 1.165) is 38.1 Å². The monoisotopic (exact) mass is 274 g/mol. The van der Waals surface area contributed by atoms with Crippen LogP contribution in [0, 0.1) is 0 Å². The van der Waals surface area contributed by atoms with Crippen LogP contribution in [0.15, 0.2) is 18.3 Å². The fourth-order valence-electron chi connectivity index (χ4n) is 2.06. The van der Waals surface area contributed by atoms with E-state index in [0.29, 0.717) is 12.4 Å². The molecular formula is C13H17F3N2O. The molecule has 19 heavy (non-hydrogen) atoms. The van der Waals surface area contributed by atoms with Gasteiger partial charge in [0.05, 0.1) is 11.7 Å². The molecule has 6 heteroatoms. The summed E-state index contributed by atoms with van der Waals surface area (Å²) >= 11 is 0. The van der Waals surface area contributed by atoms with Crippen LogP contribution in [0.2, 0.25) is 0 Å². The number of ether oxygens (including phenoxy) is 1. The quantitative estimate of drug-likeness (QED) is 0.912. The molecule has 1 aromatic rings. The van der Waals surface area contributed by atoms with E-state index >= 15 is 0 Å². The van der Waals surface area contributed by atoms with Crippen LogP contribution in [0.3, 0.4) is 0 Å². The average molecular weight is 274 g/mol. The SMILES string of the molecule is FC(F)(F)c1ccc(NCCC2CCCCO2)nc1. The number of rotatable bonds is 4. The Bertz CT molecular complexity index is 386. The number of pyridine rings is 1. The Labute approximate surface area is 110 Å². The lowest BCUT2D eigenvalue weighted by atomic mass is 10.1. The Balaban J connectivity index is 1.76. The van der Waals surface area contributed by atoms with Gasteiger partial charge in [-0.2, -0.15) is 13.2 Å². The van der Waals surface area contributed by atoms with Gasteiger partial charge in [-0.3, -0.25) is 0 Å². The highest BCUT2D eigenvalue weighted by molar-refractivity contribution is 5.36. The van der Waals surface area contributed by atoms with Crippen LogP contribution in [-0.2, 0) is 10.9 Å². The Morgan fingerprint density at radius 1 is 1.32 bits per heavy atom. The molecule has 0 saturated carbocycles. The van der Waals surface area contributed by atoms with E-state index in [1.807, 2.05) is 0 Å². The number of aromatic nitrogens is 1. The van der Waals surface area contributed by atoms with E-state index in [9.17, 15) is 13.2 Å². The predicted molar refractivity (Wildman–Crippen MR) is 65.9 cm³/mol. The van der Waals surface area contributed by atoms with Gasteiger partial charge in [0, 0.05) is 19.3 Å². The molecule has 0 spiro atoms. The molecule has 1 fully saturated rings. The smallest absolute Gasteiger partial charge is 0.378 e. The van der Waals surface area contributed by atoms with Crippen molar-refractivity contribution in [2.24, 2.45) is 0 Å². The molecule has 1 unspecified atom stereocenters. The van der Waals surface area contributed by atoms with Crippen LogP contribution in [0.25, 0.3) is 0 Å². The third kappa shape index (κ3) is 4.38. The van der Waals surface area contributed by atoms with Crippen molar-refractivity contribution in [2.75, 3.05) is 18.5 Å². The molecule has 0 amide bonds. The van der Waals surface area contributed by atoms with Crippen LogP contribution in [0.5, 0.6) is 0 Å². The molecule has 1 saturated heterocycles. The minimum absolute atomic E-state index is 0.260. The van der Waals surface area contributed by atoms with E-state index in [2.05, 4.69) is 10.3 Å². The number of nitrogens with zero attached hydrogens (tertiary/aromatic N) is 1. The summed E-state index contributed by atoms with van der Waals surface area (Å²) in [6.07, 6.45) is 0.981. The van der Waals surface area contributed by atoms with Crippen LogP contribution in [0.1, 0.15) is 31.2 Å². The second-order valence-electron chi connectivity index (χ2n) is 4.63. The molecule has 0 radical (unpaired) electrons. The van der Waals surface area contributed by atoms with Crippen molar-refractivity contribution in [1.82, 2.24) is 4.98 Å². The standard InChI is InChI=1S/C13H17F3N2O/c14-13(15,16)10-4-5-12(18-9-10)17-7-6-11-3-1-2-8-19-11/h4-5,9,11H,1-3,6-8H2,(H,17,18). The van der Waals surface area contributed by atoms with Crippen LogP contribution < -0.4 is 5.32 Å². The number of hydrogen-bond donors (Lipinski definition) is 1. The highest BCUT2D eigenvalue weighted by Crippen LogP contribution is 2.28. The molecule has 1 atom stereocenters. The maximum absolute atomic E-state index is 12.3. The largest absolute Gasteiger partial charge is 0.417 e. The first-order chi connectivity index (χ1) is 9.05. The van der Waals surface area contributed by atoms with Crippen molar-refractivity contribution in [3.05, 3.63) is 23.9 Å². The fraction of sp³-hybridized carbons (Fsp3) is 0.615. The first-order valence-electron chi connectivity index (χ1n) is 6.44. The third-order valence-corrected chi connectivity index (χ3v) is 3.14. The van der Waals surface area contributed by atoms with Gasteiger partial charge in [-0.05, 0) is 37.8 Å². The maximum Gasteiger partial charge on any atom is 0.417 e. The van der Waals surface area contributed by atoms with E-state index in [4.69, 9.17) is 4.74 Å². The number of hydrogen-bond acceptors (Lipinski definition) is 3. The lowest BCUT2D eigenvalue weighted by Crippen LogP contribution is -2.22. The number of nitrogens with one attached hydrogen (secondary N) is 1. The van der Waals surface area contributed by atoms with Crippen molar-refractivity contribution >= 4 is 5.82 Å². The van der Waals surface area contributed by atoms with Crippen molar-refractivity contribution in [2.45, 2.75) is 38.0 Å². The molecular weight excluding hydrogens is 257 g/mol. The Morgan fingerprint density at radius 3 is 2.74 bits per heavy atom. The molecule has 1 aliphatic rings. The minimum Gasteiger partial charge on any atom is -0.378 e. The second kappa shape index (κ2) is 6.23. The summed E-state index contributed by atoms with van der Waals surface area (Å²) in [4.78, 5) is 3.76. The molecule has 106 valence electrons. The Kier molecular flexibility index (Phi) is 4.63. The molecule has 3 nitrogen and oxygen atoms in total. The highest BCUT2D eigenvalue weighted by atomic mass is 19.4. The van der Waals surface area contributed by atoms with Crippen molar-refractivity contribution in [3.8, 4) is 0 Å². The zero-order valence-electron chi connectivity index (χ0n) is 10.5. The lowest BCUT2D eigenvalue weighted by Gasteiger charge is -2.22. The average Bonchev–Trinajstić information content (AvgIpc) is 2.39. The van der Waals surface area contributed by atoms with E-state index in [1.54, 1.807) is 0 Å². The first-order valence-corrected chi connectivity index (χ1v) is 6.44. The van der Waals surface area contributed by atoms with Crippen LogP contribution in [0.4, 0.5) is 19.0 Å². The van der Waals surface area contributed by atoms with Gasteiger partial charge < -0.3 is 10.1 Å². The predicted octanol–water partition coefficient (Wildman–Crippen LogP) is 3.47. The van der Waals surface area contributed by atoms with Crippen molar-refractivity contribution < 1.29 is 17.9 Å². The van der Waals surface area contributed by atoms with E-state index in [-0.39, 0.29) is 6.10 Å². The summed E-state index contributed by atoms with van der Waals surface area (Å²) in [5.41, 5.74) is -0.728. The molecule has 1 aromatic heterocycles. The van der Waals surface area contributed by atoms with Gasteiger partial charge in [-0.15, -0.1) is 0 Å².